The molecule has 2 aliphatic rings. The summed E-state index contributed by atoms with van der Waals surface area (Å²) in [5.74, 6) is -0.00526. The molecule has 0 fully saturated rings. The molecular weight excluding hydrogens is 787 g/mol. The summed E-state index contributed by atoms with van der Waals surface area (Å²) in [5, 5.41) is 8.84. The molecule has 15 heteroatoms. The Morgan fingerprint density at radius 3 is 2.39 bits per heavy atom. The number of methoxy groups -OCH3 is 1. The summed E-state index contributed by atoms with van der Waals surface area (Å²) >= 11 is 0. The average molecular weight is 834 g/mol. The molecule has 5 aromatic rings. The summed E-state index contributed by atoms with van der Waals surface area (Å²) in [4.78, 5) is 59.2. The highest BCUT2D eigenvalue weighted by atomic mass is 33.1. The molecule has 2 aromatic heterocycles. The van der Waals surface area contributed by atoms with Gasteiger partial charge in [0.1, 0.15) is 11.4 Å². The molecule has 1 atom stereocenters. The number of benzene rings is 3. The molecule has 0 unspecified atom stereocenters. The first-order chi connectivity index (χ1) is 28.3. The summed E-state index contributed by atoms with van der Waals surface area (Å²) in [6, 6.07) is 22.0. The molecule has 0 radical (unpaired) electrons. The third kappa shape index (κ3) is 9.21. The van der Waals surface area contributed by atoms with E-state index in [2.05, 4.69) is 34.8 Å². The Hall–Kier alpha value is -5.93. The van der Waals surface area contributed by atoms with Crippen LogP contribution in [0.4, 0.5) is 22.7 Å². The van der Waals surface area contributed by atoms with Gasteiger partial charge in [-0.05, 0) is 74.0 Å². The van der Waals surface area contributed by atoms with Crippen LogP contribution in [-0.2, 0) is 25.3 Å². The van der Waals surface area contributed by atoms with Gasteiger partial charge in [-0.1, -0.05) is 51.9 Å². The van der Waals surface area contributed by atoms with Crippen LogP contribution in [0, 0.1) is 0 Å². The highest BCUT2D eigenvalue weighted by Crippen LogP contribution is 2.41. The SMILES string of the molecule is COc1cc2c(cc1OCCCC(=O)Nc1cc(C(=O)Nc3ccc(-c4cc(C(=O)NCC(C)(C)SSC)n(C)c4)cc3)n(C)c1)N=C[C@@H]1Cc3ccccc3N1C2=O. The van der Waals surface area contributed by atoms with Crippen LogP contribution in [0.15, 0.2) is 90.2 Å². The first kappa shape index (κ1) is 41.2. The molecule has 306 valence electrons. The first-order valence-electron chi connectivity index (χ1n) is 19.2. The summed E-state index contributed by atoms with van der Waals surface area (Å²) < 4.78 is 15.0. The number of carbonyl (C=O) groups is 4. The van der Waals surface area contributed by atoms with E-state index in [1.54, 1.807) is 68.7 Å². The van der Waals surface area contributed by atoms with Crippen LogP contribution in [-0.4, -0.2) is 76.3 Å². The molecule has 0 saturated carbocycles. The van der Waals surface area contributed by atoms with E-state index in [9.17, 15) is 19.2 Å². The topological polar surface area (TPSA) is 148 Å². The van der Waals surface area contributed by atoms with Crippen molar-refractivity contribution in [1.29, 1.82) is 0 Å². The van der Waals surface area contributed by atoms with Crippen LogP contribution in [0.2, 0.25) is 0 Å². The van der Waals surface area contributed by atoms with Gasteiger partial charge < -0.3 is 34.6 Å². The van der Waals surface area contributed by atoms with Crippen molar-refractivity contribution in [3.8, 4) is 22.6 Å². The van der Waals surface area contributed by atoms with Gasteiger partial charge in [0.25, 0.3) is 17.7 Å². The van der Waals surface area contributed by atoms with Gasteiger partial charge in [-0.25, -0.2) is 0 Å². The minimum absolute atomic E-state index is 0.0927. The van der Waals surface area contributed by atoms with E-state index in [1.807, 2.05) is 78.7 Å². The normalized spacial score (nSPS) is 14.2. The maximum atomic E-state index is 13.7. The minimum Gasteiger partial charge on any atom is -0.493 e. The highest BCUT2D eigenvalue weighted by Gasteiger charge is 2.36. The van der Waals surface area contributed by atoms with Gasteiger partial charge in [-0.15, -0.1) is 0 Å². The van der Waals surface area contributed by atoms with Gasteiger partial charge in [0.15, 0.2) is 11.5 Å². The molecule has 2 aliphatic heterocycles. The lowest BCUT2D eigenvalue weighted by Crippen LogP contribution is -2.37. The maximum Gasteiger partial charge on any atom is 0.272 e. The molecule has 3 N–H and O–H groups in total. The fourth-order valence-electron chi connectivity index (χ4n) is 7.21. The highest BCUT2D eigenvalue weighted by molar-refractivity contribution is 8.77. The zero-order valence-corrected chi connectivity index (χ0v) is 35.5. The number of hydrogen-bond donors (Lipinski definition) is 3. The Kier molecular flexibility index (Phi) is 12.2. The number of fused-ring (bicyclic) bond motifs is 4. The standard InChI is InChI=1S/C44H47N7O6S2/c1-44(2,59-58-6)26-46-41(53)36-19-29(24-49(36)3)27-13-15-30(16-14-27)48-42(54)37-20-31(25-50(37)4)47-40(52)12-9-17-57-39-22-34-33(21-38(39)56-5)43(55)51-32(23-45-34)18-28-10-7-8-11-35(28)51/h7-8,10-11,13-16,19-25,32H,9,12,17-18,26H2,1-6H3,(H,46,53)(H,47,52)(H,48,54)/t32-/m0/s1. The number of ether oxygens (including phenoxy) is 2. The first-order valence-corrected chi connectivity index (χ1v) is 21.7. The monoisotopic (exact) mass is 833 g/mol. The van der Waals surface area contributed by atoms with Gasteiger partial charge in [0, 0.05) is 79.8 Å². The lowest BCUT2D eigenvalue weighted by molar-refractivity contribution is -0.116. The van der Waals surface area contributed by atoms with Crippen molar-refractivity contribution < 1.29 is 28.7 Å². The van der Waals surface area contributed by atoms with E-state index in [-0.39, 0.29) is 47.4 Å². The number of aliphatic imine (C=N–C) groups is 1. The number of rotatable bonds is 15. The van der Waals surface area contributed by atoms with Crippen LogP contribution in [0.3, 0.4) is 0 Å². The van der Waals surface area contributed by atoms with Crippen LogP contribution in [0.5, 0.6) is 11.5 Å². The number of para-hydroxylation sites is 1. The molecule has 4 heterocycles. The van der Waals surface area contributed by atoms with E-state index in [1.165, 1.54) is 7.11 Å². The quantitative estimate of drug-likeness (QED) is 0.0713. The smallest absolute Gasteiger partial charge is 0.272 e. The Morgan fingerprint density at radius 1 is 0.881 bits per heavy atom. The van der Waals surface area contributed by atoms with Gasteiger partial charge in [-0.2, -0.15) is 0 Å². The second kappa shape index (κ2) is 17.5. The molecule has 59 heavy (non-hydrogen) atoms. The van der Waals surface area contributed by atoms with Crippen molar-refractivity contribution in [3.05, 3.63) is 108 Å². The van der Waals surface area contributed by atoms with Crippen LogP contribution < -0.4 is 30.3 Å². The predicted molar refractivity (Wildman–Crippen MR) is 237 cm³/mol. The third-order valence-corrected chi connectivity index (χ3v) is 12.8. The number of nitrogens with one attached hydrogen (secondary N) is 3. The van der Waals surface area contributed by atoms with Gasteiger partial charge in [0.2, 0.25) is 5.91 Å². The molecule has 3 aromatic carbocycles. The largest absolute Gasteiger partial charge is 0.493 e. The fraction of sp³-hybridized carbons (Fsp3) is 0.295. The van der Waals surface area contributed by atoms with Crippen molar-refractivity contribution >= 4 is 74.2 Å². The number of anilines is 3. The lowest BCUT2D eigenvalue weighted by Gasteiger charge is -2.22. The van der Waals surface area contributed by atoms with Crippen LogP contribution in [0.25, 0.3) is 11.1 Å². The predicted octanol–water partition coefficient (Wildman–Crippen LogP) is 7.90. The third-order valence-electron chi connectivity index (χ3n) is 10.2. The lowest BCUT2D eigenvalue weighted by atomic mass is 10.1. The maximum absolute atomic E-state index is 13.7. The zero-order valence-electron chi connectivity index (χ0n) is 33.8. The number of carbonyl (C=O) groups excluding carboxylic acids is 4. The second-order valence-electron chi connectivity index (χ2n) is 15.0. The number of aryl methyl sites for hydroxylation is 2. The Bertz CT molecular complexity index is 2440. The summed E-state index contributed by atoms with van der Waals surface area (Å²) in [6.07, 6.45) is 8.70. The number of amides is 4. The van der Waals surface area contributed by atoms with Crippen molar-refractivity contribution in [2.24, 2.45) is 19.1 Å². The summed E-state index contributed by atoms with van der Waals surface area (Å²) in [6.45, 7) is 4.96. The zero-order chi connectivity index (χ0) is 41.8. The van der Waals surface area contributed by atoms with Gasteiger partial charge in [-0.3, -0.25) is 29.1 Å². The number of nitrogens with zero attached hydrogens (tertiary/aromatic N) is 4. The fourth-order valence-corrected chi connectivity index (χ4v) is 9.33. The van der Waals surface area contributed by atoms with Crippen molar-refractivity contribution in [1.82, 2.24) is 14.5 Å². The molecule has 0 saturated heterocycles. The number of hydrogen-bond acceptors (Lipinski definition) is 9. The van der Waals surface area contributed by atoms with E-state index >= 15 is 0 Å². The Morgan fingerprint density at radius 2 is 1.63 bits per heavy atom. The molecule has 7 rings (SSSR count). The molecule has 0 spiro atoms. The summed E-state index contributed by atoms with van der Waals surface area (Å²) in [5.41, 5.74) is 6.74. The van der Waals surface area contributed by atoms with Crippen LogP contribution >= 0.6 is 21.6 Å². The van der Waals surface area contributed by atoms with E-state index in [0.29, 0.717) is 64.9 Å². The van der Waals surface area contributed by atoms with E-state index < -0.39 is 0 Å². The second-order valence-corrected chi connectivity index (χ2v) is 18.2. The Labute approximate surface area is 351 Å². The minimum atomic E-state index is -0.332. The molecule has 0 bridgehead atoms. The Balaban J connectivity index is 0.896. The molecule has 0 aliphatic carbocycles. The van der Waals surface area contributed by atoms with Crippen molar-refractivity contribution in [2.75, 3.05) is 42.1 Å². The average Bonchev–Trinajstić information content (AvgIpc) is 3.89. The molecular formula is C44H47N7O6S2. The molecule has 13 nitrogen and oxygen atoms in total. The van der Waals surface area contributed by atoms with Crippen LogP contribution in [0.1, 0.15) is 63.6 Å². The van der Waals surface area contributed by atoms with Gasteiger partial charge >= 0.3 is 0 Å². The van der Waals surface area contributed by atoms with Crippen molar-refractivity contribution in [3.63, 3.8) is 0 Å². The van der Waals surface area contributed by atoms with E-state index in [4.69, 9.17) is 9.47 Å². The number of aromatic nitrogens is 2. The van der Waals surface area contributed by atoms with Crippen molar-refractivity contribution in [2.45, 2.75) is 43.9 Å². The molecule has 4 amide bonds. The van der Waals surface area contributed by atoms with Gasteiger partial charge in [0.05, 0.1) is 36.7 Å². The van der Waals surface area contributed by atoms with E-state index in [0.717, 1.165) is 22.4 Å². The summed E-state index contributed by atoms with van der Waals surface area (Å²) in [7, 11) is 8.50.